The summed E-state index contributed by atoms with van der Waals surface area (Å²) in [6, 6.07) is 17.5. The molecule has 2 rings (SSSR count). The molecule has 0 bridgehead atoms. The number of anilines is 1. The van der Waals surface area contributed by atoms with Gasteiger partial charge in [-0.1, -0.05) is 43.0 Å². The summed E-state index contributed by atoms with van der Waals surface area (Å²) in [5.41, 5.74) is 2.00. The number of amides is 1. The Kier molecular flexibility index (Phi) is 6.24. The first-order valence-electron chi connectivity index (χ1n) is 7.54. The molecule has 0 aliphatic heterocycles. The Morgan fingerprint density at radius 2 is 1.87 bits per heavy atom. The lowest BCUT2D eigenvalue weighted by molar-refractivity contribution is -0.128. The molecule has 2 aromatic rings. The fourth-order valence-electron chi connectivity index (χ4n) is 2.08. The normalized spacial score (nSPS) is 9.96. The smallest absolute Gasteiger partial charge is 0.241 e. The highest BCUT2D eigenvalue weighted by Crippen LogP contribution is 2.15. The molecule has 0 atom stereocenters. The van der Waals surface area contributed by atoms with Crippen molar-refractivity contribution in [2.75, 3.05) is 25.5 Å². The highest BCUT2D eigenvalue weighted by Gasteiger charge is 2.08. The monoisotopic (exact) mass is 310 g/mol. The van der Waals surface area contributed by atoms with Gasteiger partial charge < -0.3 is 15.0 Å². The molecule has 0 heterocycles. The molecule has 0 unspecified atom stereocenters. The number of benzene rings is 2. The van der Waals surface area contributed by atoms with Crippen LogP contribution >= 0.6 is 0 Å². The highest BCUT2D eigenvalue weighted by molar-refractivity contribution is 5.80. The van der Waals surface area contributed by atoms with Gasteiger partial charge in [-0.3, -0.25) is 4.79 Å². The lowest BCUT2D eigenvalue weighted by atomic mass is 10.2. The summed E-state index contributed by atoms with van der Waals surface area (Å²) in [5.74, 6) is 0.823. The summed E-state index contributed by atoms with van der Waals surface area (Å²) in [4.78, 5) is 13.9. The molecule has 4 nitrogen and oxygen atoms in total. The van der Waals surface area contributed by atoms with Gasteiger partial charge in [-0.15, -0.1) is 0 Å². The van der Waals surface area contributed by atoms with Crippen LogP contribution in [0, 0.1) is 0 Å². The van der Waals surface area contributed by atoms with E-state index in [1.54, 1.807) is 11.0 Å². The Bertz CT molecular complexity index is 624. The predicted octanol–water partition coefficient (Wildman–Crippen LogP) is 3.32. The van der Waals surface area contributed by atoms with Crippen LogP contribution in [0.2, 0.25) is 0 Å². The molecule has 0 saturated carbocycles. The predicted molar refractivity (Wildman–Crippen MR) is 93.5 cm³/mol. The quantitative estimate of drug-likeness (QED) is 0.761. The average Bonchev–Trinajstić information content (AvgIpc) is 2.59. The second-order valence-corrected chi connectivity index (χ2v) is 5.21. The van der Waals surface area contributed by atoms with Crippen molar-refractivity contribution in [3.63, 3.8) is 0 Å². The standard InChI is InChI=1S/C19H22N2O2/c1-3-13-23-18-11-9-17(10-12-18)20-14-19(22)21(2)15-16-7-5-4-6-8-16/h3-12,20H,1,13-15H2,2H3. The van der Waals surface area contributed by atoms with Gasteiger partial charge in [-0.05, 0) is 29.8 Å². The van der Waals surface area contributed by atoms with Gasteiger partial charge in [0.1, 0.15) is 12.4 Å². The fraction of sp³-hybridized carbons (Fsp3) is 0.211. The van der Waals surface area contributed by atoms with Gasteiger partial charge in [0.15, 0.2) is 0 Å². The Morgan fingerprint density at radius 3 is 2.52 bits per heavy atom. The molecule has 120 valence electrons. The molecule has 2 aromatic carbocycles. The van der Waals surface area contributed by atoms with Crippen LogP contribution in [0.3, 0.4) is 0 Å². The zero-order valence-electron chi connectivity index (χ0n) is 13.4. The summed E-state index contributed by atoms with van der Waals surface area (Å²) in [6.07, 6.45) is 1.70. The highest BCUT2D eigenvalue weighted by atomic mass is 16.5. The molecule has 1 amide bonds. The zero-order valence-corrected chi connectivity index (χ0v) is 13.4. The van der Waals surface area contributed by atoms with E-state index in [0.29, 0.717) is 13.2 Å². The minimum absolute atomic E-state index is 0.0424. The lowest BCUT2D eigenvalue weighted by Gasteiger charge is -2.18. The number of nitrogens with one attached hydrogen (secondary N) is 1. The molecule has 0 saturated heterocycles. The first-order valence-corrected chi connectivity index (χ1v) is 7.54. The van der Waals surface area contributed by atoms with E-state index < -0.39 is 0 Å². The van der Waals surface area contributed by atoms with Crippen LogP contribution in [-0.2, 0) is 11.3 Å². The summed E-state index contributed by atoms with van der Waals surface area (Å²) in [5, 5.41) is 3.13. The Morgan fingerprint density at radius 1 is 1.17 bits per heavy atom. The third-order valence-corrected chi connectivity index (χ3v) is 3.35. The van der Waals surface area contributed by atoms with E-state index >= 15 is 0 Å². The van der Waals surface area contributed by atoms with E-state index in [2.05, 4.69) is 11.9 Å². The first-order chi connectivity index (χ1) is 11.2. The van der Waals surface area contributed by atoms with Crippen molar-refractivity contribution < 1.29 is 9.53 Å². The topological polar surface area (TPSA) is 41.6 Å². The van der Waals surface area contributed by atoms with Gasteiger partial charge in [-0.2, -0.15) is 0 Å². The third-order valence-electron chi connectivity index (χ3n) is 3.35. The van der Waals surface area contributed by atoms with Crippen LogP contribution in [0.15, 0.2) is 67.3 Å². The number of ether oxygens (including phenoxy) is 1. The minimum Gasteiger partial charge on any atom is -0.490 e. The summed E-state index contributed by atoms with van der Waals surface area (Å²) in [6.45, 7) is 4.96. The Labute approximate surface area is 137 Å². The second-order valence-electron chi connectivity index (χ2n) is 5.21. The van der Waals surface area contributed by atoms with E-state index in [4.69, 9.17) is 4.74 Å². The average molecular weight is 310 g/mol. The number of carbonyl (C=O) groups is 1. The summed E-state index contributed by atoms with van der Waals surface area (Å²) in [7, 11) is 1.81. The van der Waals surface area contributed by atoms with Gasteiger partial charge in [0.2, 0.25) is 5.91 Å². The van der Waals surface area contributed by atoms with Crippen LogP contribution in [0.25, 0.3) is 0 Å². The molecule has 0 aliphatic carbocycles. The van der Waals surface area contributed by atoms with E-state index in [9.17, 15) is 4.79 Å². The fourth-order valence-corrected chi connectivity index (χ4v) is 2.08. The SMILES string of the molecule is C=CCOc1ccc(NCC(=O)N(C)Cc2ccccc2)cc1. The van der Waals surface area contributed by atoms with Gasteiger partial charge in [0, 0.05) is 19.3 Å². The maximum atomic E-state index is 12.2. The second kappa shape index (κ2) is 8.63. The van der Waals surface area contributed by atoms with Crippen LogP contribution < -0.4 is 10.1 Å². The Hall–Kier alpha value is -2.75. The first kappa shape index (κ1) is 16.6. The molecule has 0 aromatic heterocycles. The number of likely N-dealkylation sites (N-methyl/N-ethyl adjacent to an activating group) is 1. The van der Waals surface area contributed by atoms with E-state index in [1.165, 1.54) is 0 Å². The summed E-state index contributed by atoms with van der Waals surface area (Å²) >= 11 is 0. The molecule has 1 N–H and O–H groups in total. The van der Waals surface area contributed by atoms with Crippen LogP contribution in [0.5, 0.6) is 5.75 Å². The number of carbonyl (C=O) groups excluding carboxylic acids is 1. The molecule has 0 spiro atoms. The van der Waals surface area contributed by atoms with Gasteiger partial charge in [0.05, 0.1) is 6.54 Å². The molecule has 0 radical (unpaired) electrons. The van der Waals surface area contributed by atoms with Crippen molar-refractivity contribution in [3.05, 3.63) is 72.8 Å². The number of hydrogen-bond acceptors (Lipinski definition) is 3. The van der Waals surface area contributed by atoms with Crippen molar-refractivity contribution >= 4 is 11.6 Å². The molecule has 4 heteroatoms. The van der Waals surface area contributed by atoms with E-state index in [1.807, 2.05) is 61.6 Å². The number of rotatable bonds is 8. The van der Waals surface area contributed by atoms with Crippen LogP contribution in [0.1, 0.15) is 5.56 Å². The van der Waals surface area contributed by atoms with Gasteiger partial charge in [-0.25, -0.2) is 0 Å². The third kappa shape index (κ3) is 5.51. The van der Waals surface area contributed by atoms with Crippen molar-refractivity contribution in [2.24, 2.45) is 0 Å². The maximum Gasteiger partial charge on any atom is 0.241 e. The molecule has 23 heavy (non-hydrogen) atoms. The van der Waals surface area contributed by atoms with Crippen molar-refractivity contribution in [2.45, 2.75) is 6.54 Å². The number of hydrogen-bond donors (Lipinski definition) is 1. The van der Waals surface area contributed by atoms with E-state index in [-0.39, 0.29) is 12.5 Å². The van der Waals surface area contributed by atoms with Gasteiger partial charge >= 0.3 is 0 Å². The minimum atomic E-state index is 0.0424. The van der Waals surface area contributed by atoms with Crippen LogP contribution in [0.4, 0.5) is 5.69 Å². The number of nitrogens with zero attached hydrogens (tertiary/aromatic N) is 1. The van der Waals surface area contributed by atoms with Crippen molar-refractivity contribution in [1.82, 2.24) is 4.90 Å². The van der Waals surface area contributed by atoms with Gasteiger partial charge in [0.25, 0.3) is 0 Å². The summed E-state index contributed by atoms with van der Waals surface area (Å²) < 4.78 is 5.42. The van der Waals surface area contributed by atoms with E-state index in [0.717, 1.165) is 17.0 Å². The molecular formula is C19H22N2O2. The van der Waals surface area contributed by atoms with Crippen LogP contribution in [-0.4, -0.2) is 31.0 Å². The zero-order chi connectivity index (χ0) is 16.5. The van der Waals surface area contributed by atoms with Crippen molar-refractivity contribution in [1.29, 1.82) is 0 Å². The molecular weight excluding hydrogens is 288 g/mol. The molecule has 0 fully saturated rings. The lowest BCUT2D eigenvalue weighted by Crippen LogP contribution is -2.31. The van der Waals surface area contributed by atoms with Crippen molar-refractivity contribution in [3.8, 4) is 5.75 Å². The Balaban J connectivity index is 1.80. The maximum absolute atomic E-state index is 12.2. The largest absolute Gasteiger partial charge is 0.490 e. The molecule has 0 aliphatic rings.